The van der Waals surface area contributed by atoms with Crippen LogP contribution in [0.25, 0.3) is 0 Å². The molecule has 1 fully saturated rings. The molecular weight excluding hydrogens is 246 g/mol. The van der Waals surface area contributed by atoms with Crippen molar-refractivity contribution in [2.75, 3.05) is 7.11 Å². The smallest absolute Gasteiger partial charge is 0.318 e. The second-order valence-corrected chi connectivity index (χ2v) is 5.17. The first-order valence-corrected chi connectivity index (χ1v) is 6.22. The molecule has 0 aliphatic carbocycles. The van der Waals surface area contributed by atoms with Gasteiger partial charge in [-0.2, -0.15) is 0 Å². The Morgan fingerprint density at radius 3 is 2.95 bits per heavy atom. The fourth-order valence-corrected chi connectivity index (χ4v) is 2.99. The summed E-state index contributed by atoms with van der Waals surface area (Å²) < 4.78 is 10.6. The second-order valence-electron chi connectivity index (χ2n) is 5.17. The fourth-order valence-electron chi connectivity index (χ4n) is 2.99. The lowest BCUT2D eigenvalue weighted by atomic mass is 9.75. The molecule has 1 saturated heterocycles. The zero-order valence-electron chi connectivity index (χ0n) is 10.8. The van der Waals surface area contributed by atoms with E-state index >= 15 is 0 Å². The Kier molecular flexibility index (Phi) is 2.52. The van der Waals surface area contributed by atoms with Crippen LogP contribution in [0.5, 0.6) is 5.75 Å². The van der Waals surface area contributed by atoms with Gasteiger partial charge in [-0.05, 0) is 18.6 Å². The molecule has 3 atom stereocenters. The molecule has 0 radical (unpaired) electrons. The Balaban J connectivity index is 2.10. The molecule has 2 heterocycles. The van der Waals surface area contributed by atoms with Crippen molar-refractivity contribution in [3.05, 3.63) is 29.8 Å². The molecule has 100 valence electrons. The number of carbonyl (C=O) groups excluding carboxylic acids is 2. The van der Waals surface area contributed by atoms with Gasteiger partial charge in [0.1, 0.15) is 11.7 Å². The molecule has 0 saturated carbocycles. The van der Waals surface area contributed by atoms with Crippen molar-refractivity contribution in [1.82, 2.24) is 5.32 Å². The van der Waals surface area contributed by atoms with Crippen LogP contribution in [0.15, 0.2) is 24.3 Å². The van der Waals surface area contributed by atoms with E-state index in [-0.39, 0.29) is 11.8 Å². The summed E-state index contributed by atoms with van der Waals surface area (Å²) in [6.07, 6.45) is 0.565. The number of nitrogens with one attached hydrogen (secondary N) is 1. The molecule has 5 nitrogen and oxygen atoms in total. The molecule has 1 amide bonds. The molecule has 3 rings (SSSR count). The Labute approximate surface area is 110 Å². The maximum absolute atomic E-state index is 12.1. The first-order chi connectivity index (χ1) is 9.04. The van der Waals surface area contributed by atoms with Gasteiger partial charge in [-0.1, -0.05) is 18.2 Å². The SMILES string of the molecule is COC(=O)[C@@H]1C(=O)NC2(C)CC1c1ccccc1O2. The molecule has 1 aromatic rings. The third-order valence-corrected chi connectivity index (χ3v) is 3.79. The van der Waals surface area contributed by atoms with Gasteiger partial charge < -0.3 is 14.8 Å². The van der Waals surface area contributed by atoms with Crippen LogP contribution in [0.4, 0.5) is 0 Å². The number of hydrogen-bond donors (Lipinski definition) is 1. The van der Waals surface area contributed by atoms with Crippen molar-refractivity contribution in [3.8, 4) is 5.75 Å². The largest absolute Gasteiger partial charge is 0.468 e. The van der Waals surface area contributed by atoms with E-state index in [0.29, 0.717) is 6.42 Å². The first kappa shape index (κ1) is 12.0. The van der Waals surface area contributed by atoms with Crippen molar-refractivity contribution in [2.24, 2.45) is 5.92 Å². The molecule has 2 aliphatic rings. The molecule has 2 unspecified atom stereocenters. The summed E-state index contributed by atoms with van der Waals surface area (Å²) in [6, 6.07) is 7.50. The molecule has 1 N–H and O–H groups in total. The van der Waals surface area contributed by atoms with Crippen LogP contribution in [0.3, 0.4) is 0 Å². The summed E-state index contributed by atoms with van der Waals surface area (Å²) in [7, 11) is 1.30. The van der Waals surface area contributed by atoms with Gasteiger partial charge in [0.15, 0.2) is 5.72 Å². The molecule has 0 aromatic heterocycles. The van der Waals surface area contributed by atoms with Crippen LogP contribution in [0, 0.1) is 5.92 Å². The van der Waals surface area contributed by atoms with Crippen LogP contribution in [0.1, 0.15) is 24.8 Å². The molecule has 2 aliphatic heterocycles. The van der Waals surface area contributed by atoms with E-state index in [9.17, 15) is 9.59 Å². The number of fused-ring (bicyclic) bond motifs is 4. The average Bonchev–Trinajstić information content (AvgIpc) is 2.37. The van der Waals surface area contributed by atoms with Gasteiger partial charge in [0.25, 0.3) is 0 Å². The number of para-hydroxylation sites is 1. The van der Waals surface area contributed by atoms with Gasteiger partial charge in [0.2, 0.25) is 5.91 Å². The highest BCUT2D eigenvalue weighted by Crippen LogP contribution is 2.46. The van der Waals surface area contributed by atoms with Gasteiger partial charge in [0, 0.05) is 12.3 Å². The lowest BCUT2D eigenvalue weighted by Crippen LogP contribution is -2.62. The van der Waals surface area contributed by atoms with Crippen molar-refractivity contribution in [3.63, 3.8) is 0 Å². The zero-order chi connectivity index (χ0) is 13.6. The van der Waals surface area contributed by atoms with E-state index in [0.717, 1.165) is 11.3 Å². The van der Waals surface area contributed by atoms with Gasteiger partial charge in [-0.25, -0.2) is 0 Å². The van der Waals surface area contributed by atoms with E-state index in [2.05, 4.69) is 5.32 Å². The predicted molar refractivity (Wildman–Crippen MR) is 66.5 cm³/mol. The summed E-state index contributed by atoms with van der Waals surface area (Å²) in [6.45, 7) is 1.82. The lowest BCUT2D eigenvalue weighted by molar-refractivity contribution is -0.158. The van der Waals surface area contributed by atoms with E-state index in [4.69, 9.17) is 9.47 Å². The number of carbonyl (C=O) groups is 2. The van der Waals surface area contributed by atoms with E-state index in [1.165, 1.54) is 7.11 Å². The van der Waals surface area contributed by atoms with Crippen LogP contribution in [0.2, 0.25) is 0 Å². The van der Waals surface area contributed by atoms with Crippen LogP contribution >= 0.6 is 0 Å². The monoisotopic (exact) mass is 261 g/mol. The summed E-state index contributed by atoms with van der Waals surface area (Å²) in [5.41, 5.74) is 0.144. The number of amides is 1. The quantitative estimate of drug-likeness (QED) is 0.609. The minimum Gasteiger partial charge on any atom is -0.468 e. The zero-order valence-corrected chi connectivity index (χ0v) is 10.8. The number of methoxy groups -OCH3 is 1. The number of benzene rings is 1. The van der Waals surface area contributed by atoms with Gasteiger partial charge in [0.05, 0.1) is 7.11 Å². The Bertz CT molecular complexity index is 556. The Morgan fingerprint density at radius 1 is 1.47 bits per heavy atom. The molecule has 2 bridgehead atoms. The minimum atomic E-state index is -0.803. The highest BCUT2D eigenvalue weighted by Gasteiger charge is 2.52. The first-order valence-electron chi connectivity index (χ1n) is 6.22. The van der Waals surface area contributed by atoms with Crippen LogP contribution < -0.4 is 10.1 Å². The van der Waals surface area contributed by atoms with Crippen molar-refractivity contribution >= 4 is 11.9 Å². The molecule has 19 heavy (non-hydrogen) atoms. The summed E-state index contributed by atoms with van der Waals surface area (Å²) in [5, 5.41) is 2.77. The number of esters is 1. The minimum absolute atomic E-state index is 0.198. The maximum Gasteiger partial charge on any atom is 0.318 e. The third kappa shape index (κ3) is 1.77. The Morgan fingerprint density at radius 2 is 2.21 bits per heavy atom. The highest BCUT2D eigenvalue weighted by atomic mass is 16.5. The second kappa shape index (κ2) is 3.98. The summed E-state index contributed by atoms with van der Waals surface area (Å²) in [5.74, 6) is -1.12. The summed E-state index contributed by atoms with van der Waals surface area (Å²) in [4.78, 5) is 24.0. The maximum atomic E-state index is 12.1. The van der Waals surface area contributed by atoms with Crippen molar-refractivity contribution < 1.29 is 19.1 Å². The third-order valence-electron chi connectivity index (χ3n) is 3.79. The van der Waals surface area contributed by atoms with Crippen LogP contribution in [-0.2, 0) is 14.3 Å². The highest BCUT2D eigenvalue weighted by molar-refractivity contribution is 6.00. The topological polar surface area (TPSA) is 64.6 Å². The predicted octanol–water partition coefficient (Wildman–Crippen LogP) is 1.19. The van der Waals surface area contributed by atoms with Gasteiger partial charge in [-0.15, -0.1) is 0 Å². The number of hydrogen-bond acceptors (Lipinski definition) is 4. The number of ether oxygens (including phenoxy) is 2. The molecular formula is C14H15NO4. The molecule has 0 spiro atoms. The number of piperidine rings is 1. The van der Waals surface area contributed by atoms with E-state index in [1.54, 1.807) is 0 Å². The van der Waals surface area contributed by atoms with Crippen molar-refractivity contribution in [1.29, 1.82) is 0 Å². The normalized spacial score (nSPS) is 31.8. The van der Waals surface area contributed by atoms with E-state index < -0.39 is 17.6 Å². The average molecular weight is 261 g/mol. The molecule has 1 aromatic carbocycles. The van der Waals surface area contributed by atoms with E-state index in [1.807, 2.05) is 31.2 Å². The van der Waals surface area contributed by atoms with Gasteiger partial charge >= 0.3 is 5.97 Å². The standard InChI is InChI=1S/C14H15NO4/c1-14-7-9(8-5-3-4-6-10(8)19-14)11(12(16)15-14)13(17)18-2/h3-6,9,11H,7H2,1-2H3,(H,15,16)/t9?,11-,14?/m0/s1. The lowest BCUT2D eigenvalue weighted by Gasteiger charge is -2.46. The number of rotatable bonds is 1. The van der Waals surface area contributed by atoms with Gasteiger partial charge in [-0.3, -0.25) is 9.59 Å². The Hall–Kier alpha value is -2.04. The van der Waals surface area contributed by atoms with Crippen molar-refractivity contribution in [2.45, 2.75) is 25.0 Å². The molecule has 5 heteroatoms. The van der Waals surface area contributed by atoms with Crippen LogP contribution in [-0.4, -0.2) is 24.7 Å². The fraction of sp³-hybridized carbons (Fsp3) is 0.429. The summed E-state index contributed by atoms with van der Waals surface area (Å²) >= 11 is 0.